The third-order valence-electron chi connectivity index (χ3n) is 2.29. The van der Waals surface area contributed by atoms with Crippen molar-refractivity contribution in [1.82, 2.24) is 0 Å². The van der Waals surface area contributed by atoms with Gasteiger partial charge in [-0.25, -0.2) is 0 Å². The molecule has 1 aromatic rings. The van der Waals surface area contributed by atoms with Gasteiger partial charge in [0.2, 0.25) is 0 Å². The van der Waals surface area contributed by atoms with Gasteiger partial charge in [0.15, 0.2) is 6.29 Å². The molecule has 0 bridgehead atoms. The van der Waals surface area contributed by atoms with Crippen LogP contribution in [0.2, 0.25) is 0 Å². The van der Waals surface area contributed by atoms with Gasteiger partial charge in [0.05, 0.1) is 18.8 Å². The highest BCUT2D eigenvalue weighted by molar-refractivity contribution is 5.83. The number of benzene rings is 1. The average Bonchev–Trinajstić information content (AvgIpc) is 2.33. The van der Waals surface area contributed by atoms with E-state index in [0.717, 1.165) is 6.29 Å². The minimum absolute atomic E-state index is 0.421. The summed E-state index contributed by atoms with van der Waals surface area (Å²) in [6.07, 6.45) is 0.797. The van der Waals surface area contributed by atoms with E-state index in [2.05, 4.69) is 27.7 Å². The predicted octanol–water partition coefficient (Wildman–Crippen LogP) is 3.57. The molecule has 0 aliphatic heterocycles. The van der Waals surface area contributed by atoms with E-state index in [1.807, 2.05) is 6.07 Å². The molecular formula is C15H22O3. The molecule has 0 unspecified atom stereocenters. The number of aldehydes is 1. The lowest BCUT2D eigenvalue weighted by atomic mass is 10.2. The van der Waals surface area contributed by atoms with Crippen LogP contribution in [-0.2, 0) is 0 Å². The highest BCUT2D eigenvalue weighted by Crippen LogP contribution is 2.27. The van der Waals surface area contributed by atoms with E-state index in [4.69, 9.17) is 9.47 Å². The van der Waals surface area contributed by atoms with Gasteiger partial charge in [0, 0.05) is 0 Å². The zero-order valence-corrected chi connectivity index (χ0v) is 11.6. The Labute approximate surface area is 109 Å². The summed E-state index contributed by atoms with van der Waals surface area (Å²) in [6, 6.07) is 5.45. The van der Waals surface area contributed by atoms with Crippen LogP contribution < -0.4 is 9.47 Å². The van der Waals surface area contributed by atoms with Gasteiger partial charge in [-0.15, -0.1) is 0 Å². The first-order valence-electron chi connectivity index (χ1n) is 6.38. The monoisotopic (exact) mass is 250 g/mol. The summed E-state index contributed by atoms with van der Waals surface area (Å²) in [5.41, 5.74) is 0.499. The lowest BCUT2D eigenvalue weighted by molar-refractivity contribution is 0.111. The van der Waals surface area contributed by atoms with Crippen LogP contribution >= 0.6 is 0 Å². The maximum absolute atomic E-state index is 11.2. The van der Waals surface area contributed by atoms with Gasteiger partial charge in [-0.2, -0.15) is 0 Å². The molecule has 0 N–H and O–H groups in total. The second-order valence-electron chi connectivity index (χ2n) is 5.20. The second-order valence-corrected chi connectivity index (χ2v) is 5.20. The van der Waals surface area contributed by atoms with Crippen LogP contribution in [0, 0.1) is 11.8 Å². The van der Waals surface area contributed by atoms with Crippen LogP contribution in [0.25, 0.3) is 0 Å². The quantitative estimate of drug-likeness (QED) is 0.694. The summed E-state index contributed by atoms with van der Waals surface area (Å²) >= 11 is 0. The van der Waals surface area contributed by atoms with Crippen LogP contribution in [0.3, 0.4) is 0 Å². The summed E-state index contributed by atoms with van der Waals surface area (Å²) in [6.45, 7) is 9.46. The number of rotatable bonds is 7. The molecule has 0 heterocycles. The summed E-state index contributed by atoms with van der Waals surface area (Å²) < 4.78 is 11.3. The van der Waals surface area contributed by atoms with E-state index in [0.29, 0.717) is 42.1 Å². The largest absolute Gasteiger partial charge is 0.492 e. The molecule has 0 fully saturated rings. The Morgan fingerprint density at radius 2 is 1.44 bits per heavy atom. The highest BCUT2D eigenvalue weighted by atomic mass is 16.5. The standard InChI is InChI=1S/C15H22O3/c1-11(2)9-17-14-6-5-7-15(13(14)8-16)18-10-12(3)4/h5-8,11-12H,9-10H2,1-4H3. The summed E-state index contributed by atoms with van der Waals surface area (Å²) in [5.74, 6) is 2.04. The SMILES string of the molecule is CC(C)COc1cccc(OCC(C)C)c1C=O. The smallest absolute Gasteiger partial charge is 0.157 e. The van der Waals surface area contributed by atoms with Crippen molar-refractivity contribution in [2.24, 2.45) is 11.8 Å². The van der Waals surface area contributed by atoms with E-state index in [1.165, 1.54) is 0 Å². The van der Waals surface area contributed by atoms with E-state index in [-0.39, 0.29) is 0 Å². The summed E-state index contributed by atoms with van der Waals surface area (Å²) in [4.78, 5) is 11.2. The number of carbonyl (C=O) groups is 1. The van der Waals surface area contributed by atoms with E-state index >= 15 is 0 Å². The first-order chi connectivity index (χ1) is 8.54. The first-order valence-corrected chi connectivity index (χ1v) is 6.38. The van der Waals surface area contributed by atoms with Gasteiger partial charge >= 0.3 is 0 Å². The lowest BCUT2D eigenvalue weighted by Crippen LogP contribution is -2.09. The van der Waals surface area contributed by atoms with Crippen molar-refractivity contribution in [3.05, 3.63) is 23.8 Å². The van der Waals surface area contributed by atoms with Gasteiger partial charge < -0.3 is 9.47 Å². The van der Waals surface area contributed by atoms with Crippen molar-refractivity contribution in [3.8, 4) is 11.5 Å². The molecule has 1 aromatic carbocycles. The normalized spacial score (nSPS) is 10.8. The maximum Gasteiger partial charge on any atom is 0.157 e. The highest BCUT2D eigenvalue weighted by Gasteiger charge is 2.11. The van der Waals surface area contributed by atoms with Gasteiger partial charge in [-0.3, -0.25) is 4.79 Å². The van der Waals surface area contributed by atoms with Crippen molar-refractivity contribution in [2.75, 3.05) is 13.2 Å². The molecule has 3 nitrogen and oxygen atoms in total. The number of hydrogen-bond donors (Lipinski definition) is 0. The van der Waals surface area contributed by atoms with Gasteiger partial charge in [-0.1, -0.05) is 33.8 Å². The third-order valence-corrected chi connectivity index (χ3v) is 2.29. The minimum Gasteiger partial charge on any atom is -0.492 e. The molecule has 1 rings (SSSR count). The topological polar surface area (TPSA) is 35.5 Å². The minimum atomic E-state index is 0.421. The molecule has 0 aromatic heterocycles. The summed E-state index contributed by atoms with van der Waals surface area (Å²) in [5, 5.41) is 0. The van der Waals surface area contributed by atoms with Crippen LogP contribution in [0.1, 0.15) is 38.1 Å². The van der Waals surface area contributed by atoms with E-state index in [1.54, 1.807) is 12.1 Å². The Balaban J connectivity index is 2.84. The van der Waals surface area contributed by atoms with Crippen LogP contribution in [-0.4, -0.2) is 19.5 Å². The second kappa shape index (κ2) is 7.04. The van der Waals surface area contributed by atoms with Gasteiger partial charge in [0.25, 0.3) is 0 Å². The fraction of sp³-hybridized carbons (Fsp3) is 0.533. The van der Waals surface area contributed by atoms with E-state index < -0.39 is 0 Å². The van der Waals surface area contributed by atoms with Crippen LogP contribution in [0.4, 0.5) is 0 Å². The molecule has 0 radical (unpaired) electrons. The fourth-order valence-corrected chi connectivity index (χ4v) is 1.40. The molecule has 0 atom stereocenters. The maximum atomic E-state index is 11.2. The molecule has 0 spiro atoms. The van der Waals surface area contributed by atoms with Crippen molar-refractivity contribution in [1.29, 1.82) is 0 Å². The fourth-order valence-electron chi connectivity index (χ4n) is 1.40. The zero-order valence-electron chi connectivity index (χ0n) is 11.6. The molecule has 0 aliphatic rings. The Hall–Kier alpha value is -1.51. The number of ether oxygens (including phenoxy) is 2. The number of hydrogen-bond acceptors (Lipinski definition) is 3. The van der Waals surface area contributed by atoms with Crippen LogP contribution in [0.5, 0.6) is 11.5 Å². The molecule has 0 aliphatic carbocycles. The third kappa shape index (κ3) is 4.40. The lowest BCUT2D eigenvalue weighted by Gasteiger charge is -2.15. The van der Waals surface area contributed by atoms with Gasteiger partial charge in [0.1, 0.15) is 11.5 Å². The predicted molar refractivity (Wildman–Crippen MR) is 72.5 cm³/mol. The molecular weight excluding hydrogens is 228 g/mol. The Morgan fingerprint density at radius 3 is 1.78 bits per heavy atom. The van der Waals surface area contributed by atoms with Crippen molar-refractivity contribution in [2.45, 2.75) is 27.7 Å². The Kier molecular flexibility index (Phi) is 5.69. The van der Waals surface area contributed by atoms with Crippen LogP contribution in [0.15, 0.2) is 18.2 Å². The van der Waals surface area contributed by atoms with Crippen molar-refractivity contribution >= 4 is 6.29 Å². The molecule has 0 amide bonds. The van der Waals surface area contributed by atoms with E-state index in [9.17, 15) is 4.79 Å². The summed E-state index contributed by atoms with van der Waals surface area (Å²) in [7, 11) is 0. The van der Waals surface area contributed by atoms with Crippen molar-refractivity contribution < 1.29 is 14.3 Å². The molecule has 3 heteroatoms. The molecule has 0 saturated heterocycles. The van der Waals surface area contributed by atoms with Crippen molar-refractivity contribution in [3.63, 3.8) is 0 Å². The first kappa shape index (κ1) is 14.6. The average molecular weight is 250 g/mol. The Morgan fingerprint density at radius 1 is 1.00 bits per heavy atom. The molecule has 100 valence electrons. The zero-order chi connectivity index (χ0) is 13.5. The molecule has 18 heavy (non-hydrogen) atoms. The van der Waals surface area contributed by atoms with Gasteiger partial charge in [-0.05, 0) is 24.0 Å². The number of carbonyl (C=O) groups excluding carboxylic acids is 1. The Bertz CT molecular complexity index is 353. The molecule has 0 saturated carbocycles.